The molecule has 4 rings (SSSR count). The van der Waals surface area contributed by atoms with Crippen molar-refractivity contribution >= 4 is 11.6 Å². The number of aryl methyl sites for hydroxylation is 3. The van der Waals surface area contributed by atoms with Gasteiger partial charge < -0.3 is 14.7 Å². The number of nitrogens with one attached hydrogen (secondary N) is 1. The topological polar surface area (TPSA) is 74.5 Å². The molecule has 2 saturated heterocycles. The molecule has 1 aromatic carbocycles. The molecule has 2 unspecified atom stereocenters. The summed E-state index contributed by atoms with van der Waals surface area (Å²) in [5.41, 5.74) is 4.48. The van der Waals surface area contributed by atoms with Crippen LogP contribution in [-0.4, -0.2) is 54.2 Å². The summed E-state index contributed by atoms with van der Waals surface area (Å²) in [7, 11) is 2.07. The number of piperazine rings is 1. The zero-order valence-electron chi connectivity index (χ0n) is 16.5. The van der Waals surface area contributed by atoms with Crippen LogP contribution in [0.2, 0.25) is 0 Å². The van der Waals surface area contributed by atoms with E-state index < -0.39 is 0 Å². The van der Waals surface area contributed by atoms with Crippen LogP contribution in [0.1, 0.15) is 46.8 Å². The summed E-state index contributed by atoms with van der Waals surface area (Å²) >= 11 is 0. The number of benzene rings is 1. The fourth-order valence-electron chi connectivity index (χ4n) is 4.33. The number of hydrogen-bond donors (Lipinski definition) is 1. The van der Waals surface area contributed by atoms with Gasteiger partial charge in [-0.2, -0.15) is 4.98 Å². The van der Waals surface area contributed by atoms with Gasteiger partial charge in [-0.15, -0.1) is 0 Å². The van der Waals surface area contributed by atoms with E-state index in [2.05, 4.69) is 60.3 Å². The summed E-state index contributed by atoms with van der Waals surface area (Å²) in [4.78, 5) is 21.5. The number of anilines is 1. The average molecular weight is 369 g/mol. The standard InChI is InChI=1S/C20H27N5O2/c1-12-7-13(2)18(14(3)8-12)25-11-15(9-17(25)26)20-22-19(23-27-20)16-10-21-5-6-24(16)4/h7-8,15-16,21H,5-6,9-11H2,1-4H3. The number of likely N-dealkylation sites (N-methyl/N-ethyl adjacent to an activating group) is 1. The lowest BCUT2D eigenvalue weighted by Crippen LogP contribution is -2.44. The van der Waals surface area contributed by atoms with Crippen molar-refractivity contribution < 1.29 is 9.32 Å². The van der Waals surface area contributed by atoms with Gasteiger partial charge in [0.1, 0.15) is 0 Å². The van der Waals surface area contributed by atoms with Crippen LogP contribution in [0.25, 0.3) is 0 Å². The molecule has 0 bridgehead atoms. The third kappa shape index (κ3) is 3.37. The quantitative estimate of drug-likeness (QED) is 0.893. The van der Waals surface area contributed by atoms with Crippen LogP contribution in [0.5, 0.6) is 0 Å². The SMILES string of the molecule is Cc1cc(C)c(N2CC(c3nc(C4CNCCN4C)no3)CC2=O)c(C)c1. The monoisotopic (exact) mass is 369 g/mol. The van der Waals surface area contributed by atoms with Crippen molar-refractivity contribution in [3.8, 4) is 0 Å². The van der Waals surface area contributed by atoms with Gasteiger partial charge >= 0.3 is 0 Å². The third-order valence-corrected chi connectivity index (χ3v) is 5.65. The molecule has 7 nitrogen and oxygen atoms in total. The lowest BCUT2D eigenvalue weighted by Gasteiger charge is -2.30. The van der Waals surface area contributed by atoms with Gasteiger partial charge in [0.2, 0.25) is 11.8 Å². The molecule has 144 valence electrons. The fourth-order valence-corrected chi connectivity index (χ4v) is 4.33. The molecular weight excluding hydrogens is 342 g/mol. The lowest BCUT2D eigenvalue weighted by atomic mass is 10.0. The molecule has 2 aliphatic rings. The lowest BCUT2D eigenvalue weighted by molar-refractivity contribution is -0.117. The molecule has 2 atom stereocenters. The van der Waals surface area contributed by atoms with E-state index in [4.69, 9.17) is 4.52 Å². The Morgan fingerprint density at radius 1 is 1.22 bits per heavy atom. The summed E-state index contributed by atoms with van der Waals surface area (Å²) in [5.74, 6) is 1.34. The van der Waals surface area contributed by atoms with Crippen molar-refractivity contribution in [1.82, 2.24) is 20.4 Å². The Morgan fingerprint density at radius 3 is 2.67 bits per heavy atom. The second kappa shape index (κ2) is 7.05. The van der Waals surface area contributed by atoms with Gasteiger partial charge in [0, 0.05) is 38.3 Å². The van der Waals surface area contributed by atoms with Gasteiger partial charge in [-0.1, -0.05) is 22.9 Å². The van der Waals surface area contributed by atoms with E-state index in [1.807, 2.05) is 4.90 Å². The van der Waals surface area contributed by atoms with Gasteiger partial charge in [-0.3, -0.25) is 9.69 Å². The molecule has 0 spiro atoms. The Morgan fingerprint density at radius 2 is 1.96 bits per heavy atom. The summed E-state index contributed by atoms with van der Waals surface area (Å²) in [5, 5.41) is 7.58. The molecule has 1 amide bonds. The molecule has 1 aromatic heterocycles. The minimum absolute atomic E-state index is 0.0549. The van der Waals surface area contributed by atoms with Crippen molar-refractivity contribution in [2.75, 3.05) is 38.1 Å². The smallest absolute Gasteiger partial charge is 0.232 e. The normalized spacial score (nSPS) is 24.0. The summed E-state index contributed by atoms with van der Waals surface area (Å²) < 4.78 is 5.57. The molecule has 2 fully saturated rings. The molecule has 7 heteroatoms. The van der Waals surface area contributed by atoms with Gasteiger partial charge in [0.15, 0.2) is 5.82 Å². The minimum atomic E-state index is -0.0549. The van der Waals surface area contributed by atoms with Gasteiger partial charge in [-0.05, 0) is 38.9 Å². The van der Waals surface area contributed by atoms with Crippen molar-refractivity contribution in [2.24, 2.45) is 0 Å². The Balaban J connectivity index is 1.55. The van der Waals surface area contributed by atoms with Crippen LogP contribution < -0.4 is 10.2 Å². The van der Waals surface area contributed by atoms with Crippen LogP contribution >= 0.6 is 0 Å². The summed E-state index contributed by atoms with van der Waals surface area (Å²) in [6.07, 6.45) is 0.410. The molecule has 0 radical (unpaired) electrons. The molecular formula is C20H27N5O2. The number of carbonyl (C=O) groups excluding carboxylic acids is 1. The van der Waals surface area contributed by atoms with E-state index in [1.54, 1.807) is 0 Å². The summed E-state index contributed by atoms with van der Waals surface area (Å²) in [6.45, 7) is 9.53. The fraction of sp³-hybridized carbons (Fsp3) is 0.550. The highest BCUT2D eigenvalue weighted by Gasteiger charge is 2.37. The molecule has 2 aromatic rings. The van der Waals surface area contributed by atoms with E-state index in [0.717, 1.165) is 36.4 Å². The van der Waals surface area contributed by atoms with Crippen LogP contribution in [0.4, 0.5) is 5.69 Å². The highest BCUT2D eigenvalue weighted by atomic mass is 16.5. The highest BCUT2D eigenvalue weighted by molar-refractivity contribution is 5.97. The van der Waals surface area contributed by atoms with Crippen molar-refractivity contribution in [3.05, 3.63) is 40.5 Å². The average Bonchev–Trinajstić information content (AvgIpc) is 3.22. The van der Waals surface area contributed by atoms with E-state index >= 15 is 0 Å². The van der Waals surface area contributed by atoms with Crippen LogP contribution in [0.3, 0.4) is 0 Å². The van der Waals surface area contributed by atoms with Crippen molar-refractivity contribution in [1.29, 1.82) is 0 Å². The first kappa shape index (κ1) is 18.1. The number of nitrogens with zero attached hydrogens (tertiary/aromatic N) is 4. The third-order valence-electron chi connectivity index (χ3n) is 5.65. The number of hydrogen-bond acceptors (Lipinski definition) is 6. The van der Waals surface area contributed by atoms with Gasteiger partial charge in [0.25, 0.3) is 0 Å². The zero-order chi connectivity index (χ0) is 19.1. The minimum Gasteiger partial charge on any atom is -0.339 e. The summed E-state index contributed by atoms with van der Waals surface area (Å²) in [6, 6.07) is 4.37. The predicted molar refractivity (Wildman–Crippen MR) is 103 cm³/mol. The van der Waals surface area contributed by atoms with Crippen LogP contribution in [-0.2, 0) is 4.79 Å². The first-order chi connectivity index (χ1) is 12.9. The number of aromatic nitrogens is 2. The first-order valence-corrected chi connectivity index (χ1v) is 9.56. The maximum Gasteiger partial charge on any atom is 0.232 e. The van der Waals surface area contributed by atoms with Gasteiger partial charge in [-0.25, -0.2) is 0 Å². The van der Waals surface area contributed by atoms with Crippen molar-refractivity contribution in [2.45, 2.75) is 39.2 Å². The molecule has 1 N–H and O–H groups in total. The second-order valence-corrected chi connectivity index (χ2v) is 7.84. The zero-order valence-corrected chi connectivity index (χ0v) is 16.5. The maximum atomic E-state index is 12.7. The Bertz CT molecular complexity index is 839. The number of amides is 1. The van der Waals surface area contributed by atoms with E-state index in [9.17, 15) is 4.79 Å². The van der Waals surface area contributed by atoms with Gasteiger partial charge in [0.05, 0.1) is 12.0 Å². The maximum absolute atomic E-state index is 12.7. The van der Waals surface area contributed by atoms with E-state index in [1.165, 1.54) is 5.56 Å². The van der Waals surface area contributed by atoms with E-state index in [-0.39, 0.29) is 17.9 Å². The highest BCUT2D eigenvalue weighted by Crippen LogP contribution is 2.35. The molecule has 0 aliphatic carbocycles. The van der Waals surface area contributed by atoms with Crippen LogP contribution in [0, 0.1) is 20.8 Å². The molecule has 3 heterocycles. The van der Waals surface area contributed by atoms with E-state index in [0.29, 0.717) is 24.7 Å². The molecule has 27 heavy (non-hydrogen) atoms. The Labute approximate surface area is 159 Å². The van der Waals surface area contributed by atoms with Crippen LogP contribution in [0.15, 0.2) is 16.7 Å². The Hall–Kier alpha value is -2.25. The van der Waals surface area contributed by atoms with Crippen molar-refractivity contribution in [3.63, 3.8) is 0 Å². The number of rotatable bonds is 3. The predicted octanol–water partition coefficient (Wildman–Crippen LogP) is 2.09. The number of carbonyl (C=O) groups is 1. The second-order valence-electron chi connectivity index (χ2n) is 7.84. The largest absolute Gasteiger partial charge is 0.339 e. The molecule has 2 aliphatic heterocycles. The first-order valence-electron chi connectivity index (χ1n) is 9.56. The Kier molecular flexibility index (Phi) is 4.74. The molecule has 0 saturated carbocycles.